The van der Waals surface area contributed by atoms with Crippen molar-refractivity contribution in [1.29, 1.82) is 0 Å². The predicted molar refractivity (Wildman–Crippen MR) is 82.4 cm³/mol. The fourth-order valence-electron chi connectivity index (χ4n) is 3.50. The summed E-state index contributed by atoms with van der Waals surface area (Å²) >= 11 is 0. The number of carbonyl (C=O) groups excluding carboxylic acids is 1. The van der Waals surface area contributed by atoms with Crippen molar-refractivity contribution in [1.82, 2.24) is 9.80 Å². The van der Waals surface area contributed by atoms with E-state index in [1.807, 2.05) is 11.9 Å². The molecule has 2 rings (SSSR count). The van der Waals surface area contributed by atoms with E-state index >= 15 is 0 Å². The minimum Gasteiger partial charge on any atom is -0.344 e. The summed E-state index contributed by atoms with van der Waals surface area (Å²) < 4.78 is 0. The lowest BCUT2D eigenvalue weighted by molar-refractivity contribution is -0.131. The molecular formula is C16H31N3O. The van der Waals surface area contributed by atoms with E-state index in [4.69, 9.17) is 5.73 Å². The van der Waals surface area contributed by atoms with Gasteiger partial charge in [-0.3, -0.25) is 4.79 Å². The van der Waals surface area contributed by atoms with Crippen LogP contribution in [0.25, 0.3) is 0 Å². The Morgan fingerprint density at radius 3 is 2.35 bits per heavy atom. The molecule has 1 saturated heterocycles. The summed E-state index contributed by atoms with van der Waals surface area (Å²) in [4.78, 5) is 16.7. The minimum absolute atomic E-state index is 0.334. The van der Waals surface area contributed by atoms with Gasteiger partial charge in [0.05, 0.1) is 0 Å². The number of likely N-dealkylation sites (N-methyl/N-ethyl adjacent to an activating group) is 1. The first kappa shape index (κ1) is 15.8. The number of likely N-dealkylation sites (tertiary alicyclic amines) is 1. The number of hydrogen-bond acceptors (Lipinski definition) is 3. The van der Waals surface area contributed by atoms with E-state index in [9.17, 15) is 4.79 Å². The largest absolute Gasteiger partial charge is 0.344 e. The molecule has 4 nitrogen and oxygen atoms in total. The molecule has 20 heavy (non-hydrogen) atoms. The highest BCUT2D eigenvalue weighted by atomic mass is 16.2. The topological polar surface area (TPSA) is 49.6 Å². The summed E-state index contributed by atoms with van der Waals surface area (Å²) in [6, 6.07) is 0. The second-order valence-electron chi connectivity index (χ2n) is 6.69. The van der Waals surface area contributed by atoms with Gasteiger partial charge < -0.3 is 15.5 Å². The Kier molecular flexibility index (Phi) is 6.30. The van der Waals surface area contributed by atoms with Gasteiger partial charge in [0.1, 0.15) is 0 Å². The molecule has 0 atom stereocenters. The fraction of sp³-hybridized carbons (Fsp3) is 0.938. The van der Waals surface area contributed by atoms with Gasteiger partial charge in [0.25, 0.3) is 0 Å². The van der Waals surface area contributed by atoms with Gasteiger partial charge in [-0.1, -0.05) is 0 Å². The molecule has 1 amide bonds. The molecule has 2 fully saturated rings. The summed E-state index contributed by atoms with van der Waals surface area (Å²) in [5, 5.41) is 0. The van der Waals surface area contributed by atoms with Crippen LogP contribution in [0.2, 0.25) is 0 Å². The highest BCUT2D eigenvalue weighted by Crippen LogP contribution is 2.30. The van der Waals surface area contributed by atoms with E-state index in [-0.39, 0.29) is 0 Å². The Hall–Kier alpha value is -0.610. The highest BCUT2D eigenvalue weighted by molar-refractivity contribution is 5.76. The van der Waals surface area contributed by atoms with Crippen LogP contribution in [-0.2, 0) is 4.79 Å². The smallest absolute Gasteiger partial charge is 0.222 e. The van der Waals surface area contributed by atoms with Crippen LogP contribution in [0.1, 0.15) is 44.9 Å². The molecule has 116 valence electrons. The van der Waals surface area contributed by atoms with Crippen molar-refractivity contribution in [2.24, 2.45) is 17.6 Å². The summed E-state index contributed by atoms with van der Waals surface area (Å²) in [5.74, 6) is 1.63. The van der Waals surface area contributed by atoms with Crippen molar-refractivity contribution < 1.29 is 4.79 Å². The van der Waals surface area contributed by atoms with Crippen molar-refractivity contribution in [2.45, 2.75) is 44.9 Å². The van der Waals surface area contributed by atoms with Crippen molar-refractivity contribution in [3.05, 3.63) is 0 Å². The molecule has 0 radical (unpaired) electrons. The Morgan fingerprint density at radius 2 is 1.75 bits per heavy atom. The monoisotopic (exact) mass is 281 g/mol. The fourth-order valence-corrected chi connectivity index (χ4v) is 3.50. The Morgan fingerprint density at radius 1 is 1.15 bits per heavy atom. The number of nitrogens with two attached hydrogens (primary N) is 1. The van der Waals surface area contributed by atoms with Gasteiger partial charge in [-0.05, 0) is 70.0 Å². The maximum atomic E-state index is 12.2. The quantitative estimate of drug-likeness (QED) is 0.806. The number of hydrogen-bond donors (Lipinski definition) is 1. The van der Waals surface area contributed by atoms with Crippen LogP contribution in [0.4, 0.5) is 0 Å². The molecule has 1 saturated carbocycles. The first-order valence-electron chi connectivity index (χ1n) is 8.35. The van der Waals surface area contributed by atoms with Crippen molar-refractivity contribution in [3.8, 4) is 0 Å². The third kappa shape index (κ3) is 4.74. The zero-order chi connectivity index (χ0) is 14.4. The van der Waals surface area contributed by atoms with Crippen molar-refractivity contribution in [2.75, 3.05) is 39.8 Å². The average Bonchev–Trinajstić information content (AvgIpc) is 2.98. The summed E-state index contributed by atoms with van der Waals surface area (Å²) in [7, 11) is 1.96. The highest BCUT2D eigenvalue weighted by Gasteiger charge is 2.23. The second-order valence-corrected chi connectivity index (χ2v) is 6.69. The second kappa shape index (κ2) is 7.99. The Bertz CT molecular complexity index is 294. The van der Waals surface area contributed by atoms with Crippen LogP contribution >= 0.6 is 0 Å². The molecule has 0 aromatic carbocycles. The van der Waals surface area contributed by atoms with Gasteiger partial charge in [0.2, 0.25) is 5.91 Å². The van der Waals surface area contributed by atoms with Crippen molar-refractivity contribution >= 4 is 5.91 Å². The molecule has 2 aliphatic rings. The van der Waals surface area contributed by atoms with E-state index < -0.39 is 0 Å². The van der Waals surface area contributed by atoms with Gasteiger partial charge in [-0.15, -0.1) is 0 Å². The van der Waals surface area contributed by atoms with Gasteiger partial charge in [0.15, 0.2) is 0 Å². The third-order valence-corrected chi connectivity index (χ3v) is 5.14. The molecule has 0 unspecified atom stereocenters. The molecule has 0 bridgehead atoms. The lowest BCUT2D eigenvalue weighted by Crippen LogP contribution is -2.36. The van der Waals surface area contributed by atoms with Gasteiger partial charge in [-0.25, -0.2) is 0 Å². The maximum absolute atomic E-state index is 12.2. The molecule has 1 aliphatic heterocycles. The van der Waals surface area contributed by atoms with Crippen LogP contribution in [0.5, 0.6) is 0 Å². The maximum Gasteiger partial charge on any atom is 0.222 e. The standard InChI is InChI=1S/C16H31N3O/c1-18(10-11-19-8-2-3-9-19)16(20)12-14-4-6-15(13-17)7-5-14/h14-15H,2-13,17H2,1H3. The molecule has 1 aliphatic carbocycles. The molecule has 0 spiro atoms. The first-order chi connectivity index (χ1) is 9.69. The summed E-state index contributed by atoms with van der Waals surface area (Å²) in [5.41, 5.74) is 5.72. The van der Waals surface area contributed by atoms with Crippen LogP contribution in [0, 0.1) is 11.8 Å². The van der Waals surface area contributed by atoms with E-state index in [0.29, 0.717) is 17.7 Å². The van der Waals surface area contributed by atoms with Crippen LogP contribution < -0.4 is 5.73 Å². The minimum atomic E-state index is 0.334. The lowest BCUT2D eigenvalue weighted by Gasteiger charge is -2.29. The number of nitrogens with zero attached hydrogens (tertiary/aromatic N) is 2. The Balaban J connectivity index is 1.63. The molecule has 2 N–H and O–H groups in total. The van der Waals surface area contributed by atoms with Crippen LogP contribution in [0.3, 0.4) is 0 Å². The SMILES string of the molecule is CN(CCN1CCCC1)C(=O)CC1CCC(CN)CC1. The number of carbonyl (C=O) groups is 1. The molecule has 1 heterocycles. The van der Waals surface area contributed by atoms with E-state index in [2.05, 4.69) is 4.90 Å². The zero-order valence-corrected chi connectivity index (χ0v) is 13.0. The molecule has 0 aromatic heterocycles. The average molecular weight is 281 g/mol. The van der Waals surface area contributed by atoms with Crippen LogP contribution in [-0.4, -0.2) is 55.5 Å². The number of rotatable bonds is 6. The van der Waals surface area contributed by atoms with Crippen molar-refractivity contribution in [3.63, 3.8) is 0 Å². The van der Waals surface area contributed by atoms with E-state index in [1.54, 1.807) is 0 Å². The van der Waals surface area contributed by atoms with E-state index in [0.717, 1.165) is 26.1 Å². The molecule has 4 heteroatoms. The van der Waals surface area contributed by atoms with Crippen LogP contribution in [0.15, 0.2) is 0 Å². The molecular weight excluding hydrogens is 250 g/mol. The number of amides is 1. The van der Waals surface area contributed by atoms with E-state index in [1.165, 1.54) is 51.6 Å². The molecule has 0 aromatic rings. The third-order valence-electron chi connectivity index (χ3n) is 5.14. The normalized spacial score (nSPS) is 27.7. The Labute approximate surface area is 123 Å². The lowest BCUT2D eigenvalue weighted by atomic mass is 9.80. The predicted octanol–water partition coefficient (Wildman–Crippen LogP) is 1.70. The first-order valence-corrected chi connectivity index (χ1v) is 8.35. The zero-order valence-electron chi connectivity index (χ0n) is 13.0. The van der Waals surface area contributed by atoms with Gasteiger partial charge in [0, 0.05) is 26.6 Å². The van der Waals surface area contributed by atoms with Gasteiger partial charge >= 0.3 is 0 Å². The summed E-state index contributed by atoms with van der Waals surface area (Å²) in [6.45, 7) is 5.17. The summed E-state index contributed by atoms with van der Waals surface area (Å²) in [6.07, 6.45) is 8.19. The van der Waals surface area contributed by atoms with Gasteiger partial charge in [-0.2, -0.15) is 0 Å².